The Morgan fingerprint density at radius 1 is 1.09 bits per heavy atom. The van der Waals surface area contributed by atoms with E-state index in [9.17, 15) is 14.7 Å². The maximum absolute atomic E-state index is 13.4. The van der Waals surface area contributed by atoms with Gasteiger partial charge >= 0.3 is 0 Å². The van der Waals surface area contributed by atoms with Gasteiger partial charge in [-0.1, -0.05) is 30.0 Å². The Hall–Kier alpha value is -3.32. The Morgan fingerprint density at radius 2 is 1.81 bits per heavy atom. The second kappa shape index (κ2) is 10.3. The third kappa shape index (κ3) is 4.94. The first kappa shape index (κ1) is 23.3. The van der Waals surface area contributed by atoms with Gasteiger partial charge in [-0.3, -0.25) is 9.59 Å². The summed E-state index contributed by atoms with van der Waals surface area (Å²) in [6.45, 7) is 3.62. The summed E-state index contributed by atoms with van der Waals surface area (Å²) in [7, 11) is 5.62. The van der Waals surface area contributed by atoms with Gasteiger partial charge < -0.3 is 24.4 Å². The van der Waals surface area contributed by atoms with Gasteiger partial charge in [0.1, 0.15) is 11.5 Å². The summed E-state index contributed by atoms with van der Waals surface area (Å²) in [6.07, 6.45) is 0.715. The summed E-state index contributed by atoms with van der Waals surface area (Å²) in [5.41, 5.74) is 0.997. The number of nitrogens with zero attached hydrogens (tertiary/aromatic N) is 1. The zero-order chi connectivity index (χ0) is 23.3. The van der Waals surface area contributed by atoms with Gasteiger partial charge in [0.25, 0.3) is 5.91 Å². The lowest BCUT2D eigenvalue weighted by molar-refractivity contribution is -0.858. The molecule has 0 spiro atoms. The minimum absolute atomic E-state index is 0.0235. The average Bonchev–Trinajstić information content (AvgIpc) is 3.04. The maximum atomic E-state index is 13.4. The maximum Gasteiger partial charge on any atom is 0.295 e. The van der Waals surface area contributed by atoms with Crippen molar-refractivity contribution in [2.24, 2.45) is 0 Å². The van der Waals surface area contributed by atoms with Crippen molar-refractivity contribution in [2.45, 2.75) is 19.4 Å². The van der Waals surface area contributed by atoms with E-state index in [0.29, 0.717) is 42.2 Å². The number of carbonyl (C=O) groups excluding carboxylic acids is 2. The summed E-state index contributed by atoms with van der Waals surface area (Å²) in [5.74, 6) is -0.588. The van der Waals surface area contributed by atoms with E-state index in [1.165, 1.54) is 9.80 Å². The van der Waals surface area contributed by atoms with E-state index in [1.54, 1.807) is 49.6 Å². The fourth-order valence-corrected chi connectivity index (χ4v) is 3.89. The molecule has 1 unspecified atom stereocenters. The number of ketones is 1. The zero-order valence-corrected chi connectivity index (χ0v) is 19.0. The van der Waals surface area contributed by atoms with Gasteiger partial charge in [-0.2, -0.15) is 0 Å². The van der Waals surface area contributed by atoms with Crippen LogP contribution in [0, 0.1) is 0 Å². The number of Topliss-reactive ketones (excluding diaryl/α,β-unsaturated/α-hetero) is 1. The molecule has 7 nitrogen and oxygen atoms in total. The van der Waals surface area contributed by atoms with Crippen LogP contribution in [0.2, 0.25) is 0 Å². The standard InChI is InChI=1S/C25H30N2O5/c1-5-32-19-12-10-17(11-13-19)23(28)21-22(18-8-6-9-20(16-18)31-4)27(25(30)24(21)29)15-7-14-26(2)3/h6,8-13,16,22,28H,5,7,14-15H2,1-4H3. The van der Waals surface area contributed by atoms with Crippen LogP contribution >= 0.6 is 0 Å². The first-order valence-electron chi connectivity index (χ1n) is 10.8. The summed E-state index contributed by atoms with van der Waals surface area (Å²) >= 11 is 0. The van der Waals surface area contributed by atoms with Crippen molar-refractivity contribution >= 4 is 17.4 Å². The Balaban J connectivity index is 2.07. The molecule has 1 aliphatic heterocycles. The van der Waals surface area contributed by atoms with Gasteiger partial charge in [0.15, 0.2) is 0 Å². The molecule has 2 aromatic rings. The Morgan fingerprint density at radius 3 is 2.44 bits per heavy atom. The van der Waals surface area contributed by atoms with E-state index in [0.717, 1.165) is 6.54 Å². The highest BCUT2D eigenvalue weighted by molar-refractivity contribution is 6.46. The van der Waals surface area contributed by atoms with Crippen LogP contribution in [0.25, 0.3) is 5.76 Å². The smallest absolute Gasteiger partial charge is 0.295 e. The van der Waals surface area contributed by atoms with E-state index in [-0.39, 0.29) is 5.57 Å². The molecule has 7 heteroatoms. The van der Waals surface area contributed by atoms with Crippen LogP contribution in [0.5, 0.6) is 11.5 Å². The van der Waals surface area contributed by atoms with Gasteiger partial charge in [0.05, 0.1) is 40.4 Å². The third-order valence-electron chi connectivity index (χ3n) is 5.44. The molecule has 1 atom stereocenters. The van der Waals surface area contributed by atoms with Crippen molar-refractivity contribution in [1.29, 1.82) is 0 Å². The number of hydrogen-bond acceptors (Lipinski definition) is 5. The third-order valence-corrected chi connectivity index (χ3v) is 5.44. The number of hydrogen-bond donors (Lipinski definition) is 1. The normalized spacial score (nSPS) is 17.8. The number of methoxy groups -OCH3 is 1. The number of nitrogens with one attached hydrogen (secondary N) is 1. The molecule has 0 saturated carbocycles. The molecule has 0 bridgehead atoms. The highest BCUT2D eigenvalue weighted by Gasteiger charge is 2.44. The number of likely N-dealkylation sites (tertiary alicyclic amines) is 1. The Kier molecular flexibility index (Phi) is 7.53. The van der Waals surface area contributed by atoms with Crippen LogP contribution in [-0.4, -0.2) is 57.5 Å². The van der Waals surface area contributed by atoms with E-state index in [1.807, 2.05) is 27.1 Å². The SMILES string of the molecule is CCOc1ccc(C([O-])=C2C(=O)C(=O)N(CCC[NH+](C)C)C2c2cccc(OC)c2)cc1. The van der Waals surface area contributed by atoms with Gasteiger partial charge in [-0.25, -0.2) is 0 Å². The molecule has 0 aliphatic carbocycles. The van der Waals surface area contributed by atoms with Crippen LogP contribution in [0.3, 0.4) is 0 Å². The lowest BCUT2D eigenvalue weighted by Crippen LogP contribution is -3.05. The predicted molar refractivity (Wildman–Crippen MR) is 119 cm³/mol. The molecule has 0 aromatic heterocycles. The molecular weight excluding hydrogens is 408 g/mol. The topological polar surface area (TPSA) is 83.3 Å². The number of rotatable bonds is 9. The molecule has 2 aromatic carbocycles. The fourth-order valence-electron chi connectivity index (χ4n) is 3.89. The van der Waals surface area contributed by atoms with Crippen LogP contribution in [0.15, 0.2) is 54.1 Å². The largest absolute Gasteiger partial charge is 0.872 e. The highest BCUT2D eigenvalue weighted by Crippen LogP contribution is 2.39. The molecule has 1 N–H and O–H groups in total. The lowest BCUT2D eigenvalue weighted by Gasteiger charge is -2.28. The molecule has 1 heterocycles. The van der Waals surface area contributed by atoms with Gasteiger partial charge in [0.2, 0.25) is 5.78 Å². The number of quaternary nitrogens is 1. The summed E-state index contributed by atoms with van der Waals surface area (Å²) in [5, 5.41) is 13.4. The molecular formula is C25H30N2O5. The number of benzene rings is 2. The van der Waals surface area contributed by atoms with Crippen molar-refractivity contribution in [1.82, 2.24) is 4.90 Å². The lowest BCUT2D eigenvalue weighted by atomic mass is 9.95. The van der Waals surface area contributed by atoms with Gasteiger partial charge in [-0.15, -0.1) is 0 Å². The molecule has 1 saturated heterocycles. The fraction of sp³-hybridized carbons (Fsp3) is 0.360. The Bertz CT molecular complexity index is 998. The van der Waals surface area contributed by atoms with Crippen LogP contribution in [-0.2, 0) is 9.59 Å². The minimum atomic E-state index is -0.749. The van der Waals surface area contributed by atoms with Crippen LogP contribution in [0.1, 0.15) is 30.5 Å². The molecule has 170 valence electrons. The van der Waals surface area contributed by atoms with E-state index >= 15 is 0 Å². The molecule has 3 rings (SSSR count). The average molecular weight is 439 g/mol. The molecule has 0 radical (unpaired) electrons. The van der Waals surface area contributed by atoms with Crippen molar-refractivity contribution < 1.29 is 29.1 Å². The van der Waals surface area contributed by atoms with E-state index < -0.39 is 23.5 Å². The minimum Gasteiger partial charge on any atom is -0.872 e. The van der Waals surface area contributed by atoms with Gasteiger partial charge in [0, 0.05) is 18.5 Å². The van der Waals surface area contributed by atoms with Crippen molar-refractivity contribution in [2.75, 3.05) is 40.9 Å². The number of amides is 1. The van der Waals surface area contributed by atoms with E-state index in [4.69, 9.17) is 9.47 Å². The summed E-state index contributed by atoms with van der Waals surface area (Å²) < 4.78 is 10.8. The highest BCUT2D eigenvalue weighted by atomic mass is 16.5. The van der Waals surface area contributed by atoms with Crippen molar-refractivity contribution in [3.05, 3.63) is 65.2 Å². The Labute approximate surface area is 188 Å². The predicted octanol–water partition coefficient (Wildman–Crippen LogP) is 0.853. The first-order chi connectivity index (χ1) is 15.4. The zero-order valence-electron chi connectivity index (χ0n) is 19.0. The second-order valence-electron chi connectivity index (χ2n) is 8.02. The van der Waals surface area contributed by atoms with Crippen molar-refractivity contribution in [3.8, 4) is 11.5 Å². The first-order valence-corrected chi connectivity index (χ1v) is 10.8. The quantitative estimate of drug-likeness (QED) is 0.357. The van der Waals surface area contributed by atoms with Crippen LogP contribution in [0.4, 0.5) is 0 Å². The summed E-state index contributed by atoms with van der Waals surface area (Å²) in [4.78, 5) is 28.7. The molecule has 1 aliphatic rings. The molecule has 1 fully saturated rings. The number of carbonyl (C=O) groups is 2. The van der Waals surface area contributed by atoms with Crippen LogP contribution < -0.4 is 19.5 Å². The summed E-state index contributed by atoms with van der Waals surface area (Å²) in [6, 6.07) is 13.0. The van der Waals surface area contributed by atoms with E-state index in [2.05, 4.69) is 0 Å². The molecule has 1 amide bonds. The second-order valence-corrected chi connectivity index (χ2v) is 8.02. The van der Waals surface area contributed by atoms with Crippen molar-refractivity contribution in [3.63, 3.8) is 0 Å². The van der Waals surface area contributed by atoms with Gasteiger partial charge in [-0.05, 0) is 42.3 Å². The monoisotopic (exact) mass is 438 g/mol. The molecule has 32 heavy (non-hydrogen) atoms. The number of ether oxygens (including phenoxy) is 2.